The molecule has 1 aliphatic rings. The Labute approximate surface area is 109 Å². The number of rotatable bonds is 2. The smallest absolute Gasteiger partial charge is 0.148 e. The molecule has 92 valence electrons. The van der Waals surface area contributed by atoms with Crippen LogP contribution < -0.4 is 5.32 Å². The lowest BCUT2D eigenvalue weighted by Crippen LogP contribution is -2.01. The number of anilines is 2. The van der Waals surface area contributed by atoms with E-state index in [-0.39, 0.29) is 5.82 Å². The highest BCUT2D eigenvalue weighted by molar-refractivity contribution is 7.99. The lowest BCUT2D eigenvalue weighted by Gasteiger charge is -2.10. The number of hydrogen-bond donors (Lipinski definition) is 1. The highest BCUT2D eigenvalue weighted by Crippen LogP contribution is 2.36. The highest BCUT2D eigenvalue weighted by atomic mass is 32.2. The average Bonchev–Trinajstić information content (AvgIpc) is 2.77. The molecule has 0 saturated heterocycles. The number of nitrogens with zero attached hydrogens (tertiary/aromatic N) is 2. The Balaban J connectivity index is 1.98. The minimum absolute atomic E-state index is 0.255. The van der Waals surface area contributed by atoms with E-state index in [1.165, 1.54) is 12.1 Å². The zero-order valence-corrected chi connectivity index (χ0v) is 10.7. The number of fused-ring (bicyclic) bond motifs is 1. The predicted molar refractivity (Wildman–Crippen MR) is 70.9 cm³/mol. The number of aryl methyl sites for hydroxylation is 2. The molecular formula is C13H12FN3S. The van der Waals surface area contributed by atoms with E-state index < -0.39 is 0 Å². The fourth-order valence-electron chi connectivity index (χ4n) is 1.98. The Morgan fingerprint density at radius 3 is 3.06 bits per heavy atom. The van der Waals surface area contributed by atoms with Gasteiger partial charge in [-0.3, -0.25) is 0 Å². The summed E-state index contributed by atoms with van der Waals surface area (Å²) in [7, 11) is 0. The van der Waals surface area contributed by atoms with Gasteiger partial charge in [-0.1, -0.05) is 6.07 Å². The SMILES string of the molecule is Cc1nc2c(c(Nc3cccc(F)c3)n1)SCC2. The standard InChI is InChI=1S/C13H12FN3S/c1-8-15-11-5-6-18-12(11)13(16-8)17-10-4-2-3-9(14)7-10/h2-4,7H,5-6H2,1H3,(H,15,16,17). The van der Waals surface area contributed by atoms with Crippen LogP contribution in [-0.4, -0.2) is 15.7 Å². The van der Waals surface area contributed by atoms with Crippen LogP contribution in [0.1, 0.15) is 11.5 Å². The van der Waals surface area contributed by atoms with E-state index in [0.29, 0.717) is 5.69 Å². The summed E-state index contributed by atoms with van der Waals surface area (Å²) in [6.07, 6.45) is 0.973. The molecule has 0 spiro atoms. The van der Waals surface area contributed by atoms with Crippen molar-refractivity contribution in [3.63, 3.8) is 0 Å². The Morgan fingerprint density at radius 2 is 2.22 bits per heavy atom. The molecule has 0 fully saturated rings. The summed E-state index contributed by atoms with van der Waals surface area (Å²) in [4.78, 5) is 9.92. The van der Waals surface area contributed by atoms with Crippen molar-refractivity contribution in [2.24, 2.45) is 0 Å². The van der Waals surface area contributed by atoms with Gasteiger partial charge in [0.25, 0.3) is 0 Å². The summed E-state index contributed by atoms with van der Waals surface area (Å²) >= 11 is 1.75. The van der Waals surface area contributed by atoms with Crippen molar-refractivity contribution >= 4 is 23.3 Å². The minimum Gasteiger partial charge on any atom is -0.339 e. The summed E-state index contributed by atoms with van der Waals surface area (Å²) in [6.45, 7) is 1.88. The van der Waals surface area contributed by atoms with Crippen LogP contribution in [-0.2, 0) is 6.42 Å². The fraction of sp³-hybridized carbons (Fsp3) is 0.231. The molecule has 3 nitrogen and oxygen atoms in total. The maximum Gasteiger partial charge on any atom is 0.148 e. The maximum absolute atomic E-state index is 13.1. The Bertz CT molecular complexity index is 601. The van der Waals surface area contributed by atoms with Gasteiger partial charge in [-0.2, -0.15) is 0 Å². The largest absolute Gasteiger partial charge is 0.339 e. The number of thioether (sulfide) groups is 1. The van der Waals surface area contributed by atoms with Gasteiger partial charge in [0.15, 0.2) is 0 Å². The first kappa shape index (κ1) is 11.5. The maximum atomic E-state index is 13.1. The van der Waals surface area contributed by atoms with E-state index in [1.54, 1.807) is 17.8 Å². The second-order valence-corrected chi connectivity index (χ2v) is 5.23. The lowest BCUT2D eigenvalue weighted by molar-refractivity contribution is 0.628. The molecule has 0 bridgehead atoms. The topological polar surface area (TPSA) is 37.8 Å². The van der Waals surface area contributed by atoms with Crippen molar-refractivity contribution in [1.29, 1.82) is 0 Å². The first-order valence-corrected chi connectivity index (χ1v) is 6.74. The number of aromatic nitrogens is 2. The van der Waals surface area contributed by atoms with Crippen LogP contribution in [0.2, 0.25) is 0 Å². The average molecular weight is 261 g/mol. The van der Waals surface area contributed by atoms with Crippen LogP contribution >= 0.6 is 11.8 Å². The lowest BCUT2D eigenvalue weighted by atomic mass is 10.3. The van der Waals surface area contributed by atoms with Gasteiger partial charge in [0.2, 0.25) is 0 Å². The predicted octanol–water partition coefficient (Wildman–Crippen LogP) is 3.32. The van der Waals surface area contributed by atoms with Crippen LogP contribution in [0, 0.1) is 12.7 Å². The van der Waals surface area contributed by atoms with Crippen LogP contribution in [0.3, 0.4) is 0 Å². The zero-order chi connectivity index (χ0) is 12.5. The van der Waals surface area contributed by atoms with Crippen molar-refractivity contribution in [3.8, 4) is 0 Å². The summed E-state index contributed by atoms with van der Waals surface area (Å²) < 4.78 is 13.1. The summed E-state index contributed by atoms with van der Waals surface area (Å²) in [5.41, 5.74) is 1.80. The monoisotopic (exact) mass is 261 g/mol. The first-order valence-electron chi connectivity index (χ1n) is 5.75. The molecule has 0 saturated carbocycles. The molecule has 2 aromatic rings. The van der Waals surface area contributed by atoms with Crippen molar-refractivity contribution < 1.29 is 4.39 Å². The van der Waals surface area contributed by atoms with Crippen LogP contribution in [0.25, 0.3) is 0 Å². The molecule has 0 amide bonds. The summed E-state index contributed by atoms with van der Waals surface area (Å²) in [6, 6.07) is 6.39. The van der Waals surface area contributed by atoms with E-state index in [4.69, 9.17) is 0 Å². The Morgan fingerprint density at radius 1 is 1.33 bits per heavy atom. The molecule has 1 aromatic carbocycles. The van der Waals surface area contributed by atoms with E-state index in [0.717, 1.165) is 34.4 Å². The molecule has 2 heterocycles. The molecule has 1 N–H and O–H groups in total. The first-order chi connectivity index (χ1) is 8.72. The molecular weight excluding hydrogens is 249 g/mol. The van der Waals surface area contributed by atoms with Gasteiger partial charge in [0, 0.05) is 17.9 Å². The van der Waals surface area contributed by atoms with Crippen molar-refractivity contribution in [2.45, 2.75) is 18.2 Å². The van der Waals surface area contributed by atoms with E-state index >= 15 is 0 Å². The van der Waals surface area contributed by atoms with Crippen LogP contribution in [0.4, 0.5) is 15.9 Å². The van der Waals surface area contributed by atoms with Crippen LogP contribution in [0.5, 0.6) is 0 Å². The third-order valence-corrected chi connectivity index (χ3v) is 3.85. The number of nitrogens with one attached hydrogen (secondary N) is 1. The molecule has 0 aliphatic carbocycles. The van der Waals surface area contributed by atoms with E-state index in [2.05, 4.69) is 15.3 Å². The minimum atomic E-state index is -0.255. The van der Waals surface area contributed by atoms with Crippen molar-refractivity contribution in [2.75, 3.05) is 11.1 Å². The molecule has 3 rings (SSSR count). The molecule has 0 atom stereocenters. The zero-order valence-electron chi connectivity index (χ0n) is 9.90. The Hall–Kier alpha value is -1.62. The van der Waals surface area contributed by atoms with Gasteiger partial charge in [-0.05, 0) is 25.1 Å². The number of hydrogen-bond acceptors (Lipinski definition) is 4. The molecule has 1 aromatic heterocycles. The van der Waals surface area contributed by atoms with Gasteiger partial charge in [-0.25, -0.2) is 14.4 Å². The van der Waals surface area contributed by atoms with Gasteiger partial charge >= 0.3 is 0 Å². The highest BCUT2D eigenvalue weighted by Gasteiger charge is 2.19. The third-order valence-electron chi connectivity index (χ3n) is 2.72. The van der Waals surface area contributed by atoms with Gasteiger partial charge in [-0.15, -0.1) is 11.8 Å². The second kappa shape index (κ2) is 4.57. The molecule has 0 radical (unpaired) electrons. The van der Waals surface area contributed by atoms with Gasteiger partial charge in [0.1, 0.15) is 17.5 Å². The normalized spacial score (nSPS) is 13.4. The van der Waals surface area contributed by atoms with E-state index in [1.807, 2.05) is 13.0 Å². The number of benzene rings is 1. The van der Waals surface area contributed by atoms with Gasteiger partial charge < -0.3 is 5.32 Å². The quantitative estimate of drug-likeness (QED) is 0.900. The van der Waals surface area contributed by atoms with Crippen molar-refractivity contribution in [3.05, 3.63) is 41.6 Å². The molecule has 0 unspecified atom stereocenters. The van der Waals surface area contributed by atoms with Crippen molar-refractivity contribution in [1.82, 2.24) is 9.97 Å². The third kappa shape index (κ3) is 2.18. The summed E-state index contributed by atoms with van der Waals surface area (Å²) in [5, 5.41) is 3.17. The van der Waals surface area contributed by atoms with Gasteiger partial charge in [0.05, 0.1) is 10.6 Å². The van der Waals surface area contributed by atoms with Crippen LogP contribution in [0.15, 0.2) is 29.2 Å². The van der Waals surface area contributed by atoms with E-state index in [9.17, 15) is 4.39 Å². The molecule has 5 heteroatoms. The summed E-state index contributed by atoms with van der Waals surface area (Å²) in [5.74, 6) is 2.31. The number of halogens is 1. The molecule has 18 heavy (non-hydrogen) atoms. The fourth-order valence-corrected chi connectivity index (χ4v) is 3.03. The second-order valence-electron chi connectivity index (χ2n) is 4.13. The Kier molecular flexibility index (Phi) is 2.91. The molecule has 1 aliphatic heterocycles.